The van der Waals surface area contributed by atoms with Crippen LogP contribution in [0.3, 0.4) is 0 Å². The van der Waals surface area contributed by atoms with Gasteiger partial charge < -0.3 is 14.9 Å². The monoisotopic (exact) mass is 331 g/mol. The third-order valence-corrected chi connectivity index (χ3v) is 4.10. The summed E-state index contributed by atoms with van der Waals surface area (Å²) in [6.45, 7) is 6.88. The predicted octanol–water partition coefficient (Wildman–Crippen LogP) is 2.80. The van der Waals surface area contributed by atoms with Crippen molar-refractivity contribution in [3.05, 3.63) is 23.0 Å². The van der Waals surface area contributed by atoms with Crippen molar-refractivity contribution in [2.75, 3.05) is 13.2 Å². The van der Waals surface area contributed by atoms with Crippen LogP contribution in [0.25, 0.3) is 11.1 Å². The summed E-state index contributed by atoms with van der Waals surface area (Å²) in [5, 5.41) is 16.7. The number of pyridine rings is 1. The number of aliphatic hydroxyl groups excluding tert-OH is 1. The molecule has 1 saturated carbocycles. The lowest BCUT2D eigenvalue weighted by atomic mass is 9.89. The lowest BCUT2D eigenvalue weighted by Gasteiger charge is -2.16. The van der Waals surface area contributed by atoms with Gasteiger partial charge in [-0.15, -0.1) is 0 Å². The molecule has 1 aliphatic carbocycles. The third kappa shape index (κ3) is 3.75. The van der Waals surface area contributed by atoms with Gasteiger partial charge in [0.15, 0.2) is 0 Å². The Kier molecular flexibility index (Phi) is 4.58. The van der Waals surface area contributed by atoms with Gasteiger partial charge in [0.1, 0.15) is 0 Å². The van der Waals surface area contributed by atoms with E-state index in [0.717, 1.165) is 29.6 Å². The van der Waals surface area contributed by atoms with Crippen LogP contribution < -0.4 is 5.32 Å². The molecular weight excluding hydrogens is 306 g/mol. The van der Waals surface area contributed by atoms with Crippen molar-refractivity contribution in [1.29, 1.82) is 0 Å². The lowest BCUT2D eigenvalue weighted by Crippen LogP contribution is -2.25. The average Bonchev–Trinajstić information content (AvgIpc) is 3.29. The fourth-order valence-corrected chi connectivity index (χ4v) is 2.80. The van der Waals surface area contributed by atoms with Crippen LogP contribution >= 0.6 is 0 Å². The second kappa shape index (κ2) is 6.51. The van der Waals surface area contributed by atoms with E-state index >= 15 is 0 Å². The van der Waals surface area contributed by atoms with E-state index in [1.165, 1.54) is 0 Å². The van der Waals surface area contributed by atoms with Crippen LogP contribution in [0, 0.1) is 5.41 Å². The average molecular weight is 331 g/mol. The highest BCUT2D eigenvalue weighted by atomic mass is 16.5. The van der Waals surface area contributed by atoms with Crippen molar-refractivity contribution in [1.82, 2.24) is 15.5 Å². The first kappa shape index (κ1) is 16.9. The number of hydrogen-bond donors (Lipinski definition) is 2. The molecule has 2 aromatic heterocycles. The number of aromatic nitrogens is 2. The minimum absolute atomic E-state index is 0.0314. The number of carbonyl (C=O) groups is 1. The zero-order valence-corrected chi connectivity index (χ0v) is 14.6. The molecule has 0 atom stereocenters. The number of nitrogens with zero attached hydrogens (tertiary/aromatic N) is 2. The normalized spacial score (nSPS) is 15.0. The van der Waals surface area contributed by atoms with E-state index < -0.39 is 0 Å². The molecule has 24 heavy (non-hydrogen) atoms. The molecule has 0 spiro atoms. The van der Waals surface area contributed by atoms with Crippen LogP contribution in [0.2, 0.25) is 0 Å². The van der Waals surface area contributed by atoms with E-state index in [9.17, 15) is 4.79 Å². The molecule has 1 aliphatic rings. The molecule has 6 nitrogen and oxygen atoms in total. The minimum atomic E-state index is -0.156. The van der Waals surface area contributed by atoms with Crippen LogP contribution in [0.5, 0.6) is 0 Å². The summed E-state index contributed by atoms with van der Waals surface area (Å²) >= 11 is 0. The minimum Gasteiger partial charge on any atom is -0.396 e. The molecule has 0 radical (unpaired) electrons. The first-order valence-corrected chi connectivity index (χ1v) is 8.57. The summed E-state index contributed by atoms with van der Waals surface area (Å²) in [6, 6.07) is 1.89. The maximum Gasteiger partial charge on any atom is 0.259 e. The Labute approximate surface area is 141 Å². The first-order valence-electron chi connectivity index (χ1n) is 8.57. The summed E-state index contributed by atoms with van der Waals surface area (Å²) in [5.74, 6) is 0.269. The van der Waals surface area contributed by atoms with Crippen molar-refractivity contribution in [2.24, 2.45) is 5.41 Å². The molecule has 6 heteroatoms. The Morgan fingerprint density at radius 2 is 2.17 bits per heavy atom. The highest BCUT2D eigenvalue weighted by Gasteiger charge is 2.29. The topological polar surface area (TPSA) is 88.2 Å². The largest absolute Gasteiger partial charge is 0.396 e. The predicted molar refractivity (Wildman–Crippen MR) is 91.0 cm³/mol. The molecule has 0 aromatic carbocycles. The van der Waals surface area contributed by atoms with Gasteiger partial charge in [0, 0.05) is 24.8 Å². The second-order valence-electron chi connectivity index (χ2n) is 7.75. The Balaban J connectivity index is 2.01. The molecule has 0 aliphatic heterocycles. The zero-order chi connectivity index (χ0) is 17.3. The number of fused-ring (bicyclic) bond motifs is 1. The third-order valence-electron chi connectivity index (χ3n) is 4.10. The van der Waals surface area contributed by atoms with E-state index in [4.69, 9.17) is 9.63 Å². The Hall–Kier alpha value is -1.95. The SMILES string of the molecule is CC(C)(C)Cc1noc2nc(C3CC3)cc(C(=O)NCCCO)c12. The Morgan fingerprint density at radius 3 is 2.79 bits per heavy atom. The lowest BCUT2D eigenvalue weighted by molar-refractivity contribution is 0.0952. The van der Waals surface area contributed by atoms with Gasteiger partial charge in [0.05, 0.1) is 16.6 Å². The highest BCUT2D eigenvalue weighted by molar-refractivity contribution is 6.06. The fraction of sp³-hybridized carbons (Fsp3) is 0.611. The highest BCUT2D eigenvalue weighted by Crippen LogP contribution is 2.40. The first-order chi connectivity index (χ1) is 11.4. The molecule has 3 rings (SSSR count). The zero-order valence-electron chi connectivity index (χ0n) is 14.6. The second-order valence-corrected chi connectivity index (χ2v) is 7.75. The summed E-state index contributed by atoms with van der Waals surface area (Å²) in [4.78, 5) is 17.2. The molecule has 0 bridgehead atoms. The number of amides is 1. The number of hydrogen-bond acceptors (Lipinski definition) is 5. The molecule has 0 unspecified atom stereocenters. The van der Waals surface area contributed by atoms with Crippen molar-refractivity contribution in [3.8, 4) is 0 Å². The van der Waals surface area contributed by atoms with Crippen LogP contribution in [0.15, 0.2) is 10.6 Å². The van der Waals surface area contributed by atoms with Gasteiger partial charge in [0.2, 0.25) is 0 Å². The Bertz CT molecular complexity index is 742. The van der Waals surface area contributed by atoms with Gasteiger partial charge >= 0.3 is 0 Å². The summed E-state index contributed by atoms with van der Waals surface area (Å²) in [6.07, 6.45) is 3.45. The molecule has 1 fully saturated rings. The standard InChI is InChI=1S/C18H25N3O3/c1-18(2,3)10-14-15-12(16(23)19-7-4-8-22)9-13(11-5-6-11)20-17(15)24-21-14/h9,11,22H,4-8,10H2,1-3H3,(H,19,23). The van der Waals surface area contributed by atoms with Crippen molar-refractivity contribution in [2.45, 2.75) is 52.4 Å². The van der Waals surface area contributed by atoms with E-state index in [0.29, 0.717) is 36.6 Å². The van der Waals surface area contributed by atoms with Crippen molar-refractivity contribution >= 4 is 17.0 Å². The van der Waals surface area contributed by atoms with Crippen LogP contribution in [-0.4, -0.2) is 34.3 Å². The molecule has 1 amide bonds. The van der Waals surface area contributed by atoms with Crippen molar-refractivity contribution in [3.63, 3.8) is 0 Å². The molecule has 2 heterocycles. The number of nitrogens with one attached hydrogen (secondary N) is 1. The summed E-state index contributed by atoms with van der Waals surface area (Å²) in [5.41, 5.74) is 2.75. The van der Waals surface area contributed by atoms with Crippen LogP contribution in [0.1, 0.15) is 67.7 Å². The van der Waals surface area contributed by atoms with Gasteiger partial charge in [-0.05, 0) is 37.2 Å². The van der Waals surface area contributed by atoms with Crippen LogP contribution in [0.4, 0.5) is 0 Å². The molecule has 2 aromatic rings. The van der Waals surface area contributed by atoms with Gasteiger partial charge in [-0.1, -0.05) is 25.9 Å². The maximum atomic E-state index is 12.7. The number of carbonyl (C=O) groups excluding carboxylic acids is 1. The number of aliphatic hydroxyl groups is 1. The summed E-state index contributed by atoms with van der Waals surface area (Å²) < 4.78 is 5.45. The van der Waals surface area contributed by atoms with Gasteiger partial charge in [-0.3, -0.25) is 4.79 Å². The van der Waals surface area contributed by atoms with Gasteiger partial charge in [-0.25, -0.2) is 4.98 Å². The molecule has 2 N–H and O–H groups in total. The van der Waals surface area contributed by atoms with E-state index in [-0.39, 0.29) is 17.9 Å². The molecule has 130 valence electrons. The summed E-state index contributed by atoms with van der Waals surface area (Å²) in [7, 11) is 0. The van der Waals surface area contributed by atoms with Crippen LogP contribution in [-0.2, 0) is 6.42 Å². The number of rotatable bonds is 6. The van der Waals surface area contributed by atoms with E-state index in [1.54, 1.807) is 0 Å². The van der Waals surface area contributed by atoms with E-state index in [2.05, 4.69) is 36.2 Å². The quantitative estimate of drug-likeness (QED) is 0.795. The maximum absolute atomic E-state index is 12.7. The van der Waals surface area contributed by atoms with Gasteiger partial charge in [-0.2, -0.15) is 0 Å². The van der Waals surface area contributed by atoms with E-state index in [1.807, 2.05) is 6.07 Å². The smallest absolute Gasteiger partial charge is 0.259 e. The Morgan fingerprint density at radius 1 is 1.42 bits per heavy atom. The molecule has 0 saturated heterocycles. The molecular formula is C18H25N3O3. The van der Waals surface area contributed by atoms with Crippen molar-refractivity contribution < 1.29 is 14.4 Å². The van der Waals surface area contributed by atoms with Gasteiger partial charge in [0.25, 0.3) is 11.6 Å². The fourth-order valence-electron chi connectivity index (χ4n) is 2.80.